The quantitative estimate of drug-likeness (QED) is 0.553. The van der Waals surface area contributed by atoms with Crippen LogP contribution in [0, 0.1) is 0 Å². The van der Waals surface area contributed by atoms with Crippen molar-refractivity contribution < 1.29 is 9.84 Å². The first-order valence-electron chi connectivity index (χ1n) is 4.00. The van der Waals surface area contributed by atoms with Crippen molar-refractivity contribution in [3.05, 3.63) is 0 Å². The molecule has 0 rings (SSSR count). The molecule has 11 heavy (non-hydrogen) atoms. The minimum Gasteiger partial charge on any atom is -0.394 e. The summed E-state index contributed by atoms with van der Waals surface area (Å²) < 4.78 is 5.13. The van der Waals surface area contributed by atoms with E-state index in [-0.39, 0.29) is 12.1 Å². The van der Waals surface area contributed by atoms with Crippen molar-refractivity contribution in [2.24, 2.45) is 0 Å². The second-order valence-corrected chi connectivity index (χ2v) is 3.22. The Morgan fingerprint density at radius 1 is 1.36 bits per heavy atom. The predicted molar refractivity (Wildman–Crippen MR) is 45.7 cm³/mol. The highest BCUT2D eigenvalue weighted by Gasteiger charge is 2.13. The van der Waals surface area contributed by atoms with Gasteiger partial charge in [-0.05, 0) is 27.3 Å². The highest BCUT2D eigenvalue weighted by atomic mass is 16.5. The van der Waals surface area contributed by atoms with E-state index in [4.69, 9.17) is 9.84 Å². The van der Waals surface area contributed by atoms with E-state index in [1.165, 1.54) is 0 Å². The van der Waals surface area contributed by atoms with Gasteiger partial charge < -0.3 is 15.2 Å². The molecule has 0 spiro atoms. The van der Waals surface area contributed by atoms with Crippen LogP contribution in [0.5, 0.6) is 0 Å². The molecular weight excluding hydrogens is 142 g/mol. The molecule has 0 atom stereocenters. The maximum Gasteiger partial charge on any atom is 0.0697 e. The lowest BCUT2D eigenvalue weighted by Gasteiger charge is -2.23. The van der Waals surface area contributed by atoms with Crippen LogP contribution >= 0.6 is 0 Å². The number of aliphatic hydroxyl groups excluding tert-OH is 1. The molecule has 0 saturated heterocycles. The third-order valence-corrected chi connectivity index (χ3v) is 1.78. The second kappa shape index (κ2) is 5.52. The van der Waals surface area contributed by atoms with Gasteiger partial charge in [-0.2, -0.15) is 0 Å². The maximum absolute atomic E-state index is 8.41. The van der Waals surface area contributed by atoms with Gasteiger partial charge in [0.25, 0.3) is 0 Å². The monoisotopic (exact) mass is 161 g/mol. The molecule has 0 aliphatic rings. The predicted octanol–water partition coefficient (Wildman–Crippen LogP) is 0.383. The molecule has 0 bridgehead atoms. The Labute approximate surface area is 68.8 Å². The third-order valence-electron chi connectivity index (χ3n) is 1.78. The van der Waals surface area contributed by atoms with Crippen LogP contribution in [0.15, 0.2) is 0 Å². The lowest BCUT2D eigenvalue weighted by atomic mass is 10.0. The molecule has 0 aliphatic heterocycles. The van der Waals surface area contributed by atoms with E-state index in [2.05, 4.69) is 19.2 Å². The first-order chi connectivity index (χ1) is 5.12. The molecule has 0 aliphatic carbocycles. The Bertz CT molecular complexity index is 94.1. The van der Waals surface area contributed by atoms with E-state index in [0.29, 0.717) is 13.2 Å². The van der Waals surface area contributed by atoms with E-state index < -0.39 is 0 Å². The summed E-state index contributed by atoms with van der Waals surface area (Å²) in [7, 11) is 1.94. The van der Waals surface area contributed by atoms with Crippen LogP contribution in [0.3, 0.4) is 0 Å². The molecule has 68 valence electrons. The molecule has 0 saturated carbocycles. The molecule has 0 aromatic carbocycles. The summed E-state index contributed by atoms with van der Waals surface area (Å²) in [5, 5.41) is 11.6. The fraction of sp³-hybridized carbons (Fsp3) is 1.00. The summed E-state index contributed by atoms with van der Waals surface area (Å²) in [6, 6.07) is 0. The van der Waals surface area contributed by atoms with Gasteiger partial charge in [-0.15, -0.1) is 0 Å². The Hall–Kier alpha value is -0.120. The molecule has 0 aromatic rings. The number of hydrogen-bond acceptors (Lipinski definition) is 3. The Morgan fingerprint density at radius 2 is 2.00 bits per heavy atom. The summed E-state index contributed by atoms with van der Waals surface area (Å²) in [4.78, 5) is 0. The minimum atomic E-state index is 0.111. The van der Waals surface area contributed by atoms with Gasteiger partial charge in [0.05, 0.1) is 13.2 Å². The first-order valence-corrected chi connectivity index (χ1v) is 4.00. The van der Waals surface area contributed by atoms with Crippen molar-refractivity contribution in [1.82, 2.24) is 5.32 Å². The van der Waals surface area contributed by atoms with Crippen LogP contribution in [0.2, 0.25) is 0 Å². The van der Waals surface area contributed by atoms with Crippen LogP contribution in [-0.2, 0) is 4.74 Å². The van der Waals surface area contributed by atoms with Crippen LogP contribution < -0.4 is 5.32 Å². The fourth-order valence-corrected chi connectivity index (χ4v) is 0.619. The molecule has 0 aromatic heterocycles. The van der Waals surface area contributed by atoms with Crippen molar-refractivity contribution in [2.75, 3.05) is 26.9 Å². The molecule has 0 radical (unpaired) electrons. The number of hydrogen-bond donors (Lipinski definition) is 2. The van der Waals surface area contributed by atoms with Gasteiger partial charge in [0.2, 0.25) is 0 Å². The van der Waals surface area contributed by atoms with E-state index in [1.807, 2.05) is 7.05 Å². The second-order valence-electron chi connectivity index (χ2n) is 3.22. The summed E-state index contributed by atoms with van der Waals surface area (Å²) in [5.41, 5.74) is 0.134. The molecule has 0 fully saturated rings. The number of nitrogens with one attached hydrogen (secondary N) is 1. The fourth-order valence-electron chi connectivity index (χ4n) is 0.619. The Balaban J connectivity index is 3.23. The topological polar surface area (TPSA) is 41.5 Å². The van der Waals surface area contributed by atoms with Crippen molar-refractivity contribution >= 4 is 0 Å². The number of ether oxygens (including phenoxy) is 1. The highest BCUT2D eigenvalue weighted by Crippen LogP contribution is 2.06. The van der Waals surface area contributed by atoms with Gasteiger partial charge in [0, 0.05) is 12.1 Å². The summed E-state index contributed by atoms with van der Waals surface area (Å²) >= 11 is 0. The standard InChI is InChI=1S/C8H19NO2/c1-8(2,9-3)4-6-11-7-5-10/h9-10H,4-7H2,1-3H3. The van der Waals surface area contributed by atoms with E-state index in [0.717, 1.165) is 6.42 Å². The lowest BCUT2D eigenvalue weighted by Crippen LogP contribution is -2.37. The van der Waals surface area contributed by atoms with Gasteiger partial charge in [0.15, 0.2) is 0 Å². The van der Waals surface area contributed by atoms with E-state index in [9.17, 15) is 0 Å². The van der Waals surface area contributed by atoms with Gasteiger partial charge >= 0.3 is 0 Å². The number of rotatable bonds is 6. The SMILES string of the molecule is CNC(C)(C)CCOCCO. The van der Waals surface area contributed by atoms with Crippen LogP contribution in [0.4, 0.5) is 0 Å². The van der Waals surface area contributed by atoms with Crippen molar-refractivity contribution in [3.8, 4) is 0 Å². The molecule has 0 amide bonds. The Morgan fingerprint density at radius 3 is 2.45 bits per heavy atom. The van der Waals surface area contributed by atoms with E-state index >= 15 is 0 Å². The van der Waals surface area contributed by atoms with Gasteiger partial charge in [0.1, 0.15) is 0 Å². The van der Waals surface area contributed by atoms with E-state index in [1.54, 1.807) is 0 Å². The average Bonchev–Trinajstić information content (AvgIpc) is 1.99. The summed E-state index contributed by atoms with van der Waals surface area (Å²) in [5.74, 6) is 0. The van der Waals surface area contributed by atoms with Crippen molar-refractivity contribution in [3.63, 3.8) is 0 Å². The molecule has 3 nitrogen and oxygen atoms in total. The van der Waals surface area contributed by atoms with Crippen LogP contribution in [-0.4, -0.2) is 37.5 Å². The molecule has 3 heteroatoms. The zero-order valence-corrected chi connectivity index (χ0v) is 7.68. The molecule has 2 N–H and O–H groups in total. The summed E-state index contributed by atoms with van der Waals surface area (Å²) in [6.07, 6.45) is 0.962. The lowest BCUT2D eigenvalue weighted by molar-refractivity contribution is 0.0796. The highest BCUT2D eigenvalue weighted by molar-refractivity contribution is 4.74. The Kier molecular flexibility index (Phi) is 5.46. The minimum absolute atomic E-state index is 0.111. The van der Waals surface area contributed by atoms with Crippen molar-refractivity contribution in [1.29, 1.82) is 0 Å². The molecular formula is C8H19NO2. The van der Waals surface area contributed by atoms with Gasteiger partial charge in [-0.3, -0.25) is 0 Å². The number of aliphatic hydroxyl groups is 1. The zero-order chi connectivity index (χ0) is 8.74. The van der Waals surface area contributed by atoms with Crippen molar-refractivity contribution in [2.45, 2.75) is 25.8 Å². The van der Waals surface area contributed by atoms with Crippen LogP contribution in [0.1, 0.15) is 20.3 Å². The largest absolute Gasteiger partial charge is 0.394 e. The molecule has 0 unspecified atom stereocenters. The van der Waals surface area contributed by atoms with Gasteiger partial charge in [-0.1, -0.05) is 0 Å². The normalized spacial score (nSPS) is 12.0. The average molecular weight is 161 g/mol. The smallest absolute Gasteiger partial charge is 0.0697 e. The third kappa shape index (κ3) is 6.28. The first kappa shape index (κ1) is 10.9. The summed E-state index contributed by atoms with van der Waals surface area (Å²) in [6.45, 7) is 5.50. The van der Waals surface area contributed by atoms with Gasteiger partial charge in [-0.25, -0.2) is 0 Å². The van der Waals surface area contributed by atoms with Crippen LogP contribution in [0.25, 0.3) is 0 Å². The zero-order valence-electron chi connectivity index (χ0n) is 7.68. The molecule has 0 heterocycles. The maximum atomic E-state index is 8.41.